The molecule has 1 aliphatic rings. The second-order valence-corrected chi connectivity index (χ2v) is 8.52. The van der Waals surface area contributed by atoms with Gasteiger partial charge in [0.25, 0.3) is 0 Å². The first-order valence-electron chi connectivity index (χ1n) is 10.1. The molecule has 1 saturated carbocycles. The molecule has 150 valence electrons. The zero-order chi connectivity index (χ0) is 20.0. The van der Waals surface area contributed by atoms with Gasteiger partial charge < -0.3 is 15.4 Å². The van der Waals surface area contributed by atoms with Gasteiger partial charge in [-0.1, -0.05) is 24.3 Å². The monoisotopic (exact) mass is 381 g/mol. The maximum absolute atomic E-state index is 11.9. The smallest absolute Gasteiger partial charge is 0.407 e. The largest absolute Gasteiger partial charge is 0.444 e. The molecule has 0 spiro atoms. The highest BCUT2D eigenvalue weighted by atomic mass is 16.6. The van der Waals surface area contributed by atoms with Gasteiger partial charge in [-0.3, -0.25) is 4.98 Å². The first-order chi connectivity index (χ1) is 13.4. The van der Waals surface area contributed by atoms with E-state index >= 15 is 0 Å². The van der Waals surface area contributed by atoms with Crippen molar-refractivity contribution in [1.82, 2.24) is 15.6 Å². The van der Waals surface area contributed by atoms with Gasteiger partial charge in [0.05, 0.1) is 0 Å². The standard InChI is InChI=1S/C23H31N3O2/c1-23(2,3)28-22(27)26-21-11-9-20(10-12-21)25-15-17-6-4-7-18(14-17)19-8-5-13-24-16-19/h4-8,13-14,16,20-21,25H,9-12,15H2,1-3H3,(H,26,27)/t20-,21-. The van der Waals surface area contributed by atoms with Gasteiger partial charge in [0, 0.05) is 31.0 Å². The van der Waals surface area contributed by atoms with Gasteiger partial charge in [-0.05, 0) is 75.3 Å². The predicted octanol–water partition coefficient (Wildman–Crippen LogP) is 4.67. The molecule has 28 heavy (non-hydrogen) atoms. The number of aromatic nitrogens is 1. The Kier molecular flexibility index (Phi) is 6.68. The molecule has 5 nitrogen and oxygen atoms in total. The fourth-order valence-electron chi connectivity index (χ4n) is 3.57. The summed E-state index contributed by atoms with van der Waals surface area (Å²) in [7, 11) is 0. The molecule has 0 saturated heterocycles. The molecule has 1 aliphatic carbocycles. The van der Waals surface area contributed by atoms with Crippen LogP contribution in [0.1, 0.15) is 52.0 Å². The van der Waals surface area contributed by atoms with E-state index in [-0.39, 0.29) is 12.1 Å². The topological polar surface area (TPSA) is 63.2 Å². The lowest BCUT2D eigenvalue weighted by molar-refractivity contribution is 0.0489. The second kappa shape index (κ2) is 9.20. The van der Waals surface area contributed by atoms with Crippen molar-refractivity contribution in [2.24, 2.45) is 0 Å². The van der Waals surface area contributed by atoms with E-state index in [1.165, 1.54) is 11.1 Å². The van der Waals surface area contributed by atoms with Crippen molar-refractivity contribution >= 4 is 6.09 Å². The fourth-order valence-corrected chi connectivity index (χ4v) is 3.57. The van der Waals surface area contributed by atoms with Gasteiger partial charge in [-0.2, -0.15) is 0 Å². The number of nitrogens with zero attached hydrogens (tertiary/aromatic N) is 1. The quantitative estimate of drug-likeness (QED) is 0.790. The Hall–Kier alpha value is -2.40. The number of pyridine rings is 1. The van der Waals surface area contributed by atoms with E-state index in [1.54, 1.807) is 6.20 Å². The van der Waals surface area contributed by atoms with Crippen LogP contribution in [0.25, 0.3) is 11.1 Å². The lowest BCUT2D eigenvalue weighted by atomic mass is 9.91. The van der Waals surface area contributed by atoms with Gasteiger partial charge in [0.15, 0.2) is 0 Å². The van der Waals surface area contributed by atoms with Crippen LogP contribution in [-0.2, 0) is 11.3 Å². The second-order valence-electron chi connectivity index (χ2n) is 8.52. The van der Waals surface area contributed by atoms with Crippen LogP contribution >= 0.6 is 0 Å². The highest BCUT2D eigenvalue weighted by Crippen LogP contribution is 2.22. The van der Waals surface area contributed by atoms with E-state index in [0.29, 0.717) is 6.04 Å². The first kappa shape index (κ1) is 20.3. The van der Waals surface area contributed by atoms with E-state index in [0.717, 1.165) is 37.8 Å². The van der Waals surface area contributed by atoms with Gasteiger partial charge in [0.1, 0.15) is 5.60 Å². The van der Waals surface area contributed by atoms with Crippen LogP contribution in [0.3, 0.4) is 0 Å². The fraction of sp³-hybridized carbons (Fsp3) is 0.478. The zero-order valence-corrected chi connectivity index (χ0v) is 17.1. The van der Waals surface area contributed by atoms with Gasteiger partial charge >= 0.3 is 6.09 Å². The van der Waals surface area contributed by atoms with Crippen molar-refractivity contribution in [3.05, 3.63) is 54.4 Å². The molecular formula is C23H31N3O2. The average molecular weight is 382 g/mol. The SMILES string of the molecule is CC(C)(C)OC(=O)N[C@H]1CC[C@H](NCc2cccc(-c3cccnc3)c2)CC1. The summed E-state index contributed by atoms with van der Waals surface area (Å²) in [6.07, 6.45) is 7.45. The van der Waals surface area contributed by atoms with E-state index < -0.39 is 5.60 Å². The van der Waals surface area contributed by atoms with Crippen LogP contribution < -0.4 is 10.6 Å². The van der Waals surface area contributed by atoms with Crippen molar-refractivity contribution in [2.75, 3.05) is 0 Å². The van der Waals surface area contributed by atoms with E-state index in [9.17, 15) is 4.79 Å². The Morgan fingerprint density at radius 3 is 2.46 bits per heavy atom. The number of rotatable bonds is 5. The summed E-state index contributed by atoms with van der Waals surface area (Å²) in [6.45, 7) is 6.51. The summed E-state index contributed by atoms with van der Waals surface area (Å²) in [4.78, 5) is 16.1. The Morgan fingerprint density at radius 2 is 1.79 bits per heavy atom. The molecule has 0 unspecified atom stereocenters. The molecule has 2 N–H and O–H groups in total. The number of hydrogen-bond donors (Lipinski definition) is 2. The summed E-state index contributed by atoms with van der Waals surface area (Å²) in [5.74, 6) is 0. The minimum atomic E-state index is -0.451. The van der Waals surface area contributed by atoms with Crippen molar-refractivity contribution in [3.8, 4) is 11.1 Å². The maximum Gasteiger partial charge on any atom is 0.407 e. The minimum Gasteiger partial charge on any atom is -0.444 e. The summed E-state index contributed by atoms with van der Waals surface area (Å²) in [6, 6.07) is 13.3. The van der Waals surface area contributed by atoms with Gasteiger partial charge in [0.2, 0.25) is 0 Å². The first-order valence-corrected chi connectivity index (χ1v) is 10.1. The number of benzene rings is 1. The van der Waals surface area contributed by atoms with E-state index in [1.807, 2.05) is 33.0 Å². The summed E-state index contributed by atoms with van der Waals surface area (Å²) >= 11 is 0. The number of amides is 1. The zero-order valence-electron chi connectivity index (χ0n) is 17.1. The Balaban J connectivity index is 1.44. The highest BCUT2D eigenvalue weighted by molar-refractivity contribution is 5.68. The van der Waals surface area contributed by atoms with Gasteiger partial charge in [-0.15, -0.1) is 0 Å². The predicted molar refractivity (Wildman–Crippen MR) is 112 cm³/mol. The Labute approximate surface area is 167 Å². The Bertz CT molecular complexity index is 763. The molecule has 0 aliphatic heterocycles. The lowest BCUT2D eigenvalue weighted by Crippen LogP contribution is -2.43. The van der Waals surface area contributed by atoms with Crippen LogP contribution in [0.5, 0.6) is 0 Å². The highest BCUT2D eigenvalue weighted by Gasteiger charge is 2.24. The molecule has 1 aromatic carbocycles. The molecule has 0 atom stereocenters. The Morgan fingerprint density at radius 1 is 1.07 bits per heavy atom. The van der Waals surface area contributed by atoms with Crippen LogP contribution in [0.15, 0.2) is 48.8 Å². The molecule has 5 heteroatoms. The minimum absolute atomic E-state index is 0.210. The van der Waals surface area contributed by atoms with Crippen molar-refractivity contribution in [1.29, 1.82) is 0 Å². The molecule has 0 radical (unpaired) electrons. The van der Waals surface area contributed by atoms with E-state index in [4.69, 9.17) is 4.74 Å². The van der Waals surface area contributed by atoms with Crippen molar-refractivity contribution in [2.45, 2.75) is 70.7 Å². The third kappa shape index (κ3) is 6.34. The summed E-state index contributed by atoms with van der Waals surface area (Å²) in [5, 5.41) is 6.67. The third-order valence-electron chi connectivity index (χ3n) is 4.96. The van der Waals surface area contributed by atoms with Crippen LogP contribution in [0, 0.1) is 0 Å². The van der Waals surface area contributed by atoms with Crippen molar-refractivity contribution in [3.63, 3.8) is 0 Å². The molecule has 1 fully saturated rings. The summed E-state index contributed by atoms with van der Waals surface area (Å²) in [5.41, 5.74) is 3.15. The number of nitrogens with one attached hydrogen (secondary N) is 2. The molecule has 1 heterocycles. The number of carbonyl (C=O) groups excluding carboxylic acids is 1. The molecule has 0 bridgehead atoms. The van der Waals surface area contributed by atoms with Crippen LogP contribution in [0.4, 0.5) is 4.79 Å². The molecule has 2 aromatic rings. The maximum atomic E-state index is 11.9. The van der Waals surface area contributed by atoms with Gasteiger partial charge in [-0.25, -0.2) is 4.79 Å². The molecule has 1 aromatic heterocycles. The van der Waals surface area contributed by atoms with Crippen LogP contribution in [-0.4, -0.2) is 28.8 Å². The molecular weight excluding hydrogens is 350 g/mol. The number of ether oxygens (including phenoxy) is 1. The number of carbonyl (C=O) groups is 1. The average Bonchev–Trinajstić information content (AvgIpc) is 2.67. The molecule has 1 amide bonds. The van der Waals surface area contributed by atoms with Crippen LogP contribution in [0.2, 0.25) is 0 Å². The number of alkyl carbamates (subject to hydrolysis) is 1. The number of hydrogen-bond acceptors (Lipinski definition) is 4. The lowest BCUT2D eigenvalue weighted by Gasteiger charge is -2.30. The van der Waals surface area contributed by atoms with Crippen molar-refractivity contribution < 1.29 is 9.53 Å². The van der Waals surface area contributed by atoms with E-state index in [2.05, 4.69) is 45.9 Å². The third-order valence-corrected chi connectivity index (χ3v) is 4.96. The summed E-state index contributed by atoms with van der Waals surface area (Å²) < 4.78 is 5.35. The molecule has 3 rings (SSSR count). The normalized spacial score (nSPS) is 19.8.